The Morgan fingerprint density at radius 3 is 2.25 bits per heavy atom. The minimum atomic E-state index is -4.13. The lowest BCUT2D eigenvalue weighted by Gasteiger charge is -2.44. The van der Waals surface area contributed by atoms with E-state index in [0.717, 1.165) is 57.0 Å². The van der Waals surface area contributed by atoms with Crippen molar-refractivity contribution in [3.63, 3.8) is 0 Å². The molecule has 5 saturated carbocycles. The number of hydrogen-bond donors (Lipinski definition) is 3. The van der Waals surface area contributed by atoms with Gasteiger partial charge in [0.25, 0.3) is 0 Å². The molecule has 13 atom stereocenters. The number of fused-ring (bicyclic) bond motifs is 1. The Labute approximate surface area is 291 Å². The van der Waals surface area contributed by atoms with Gasteiger partial charge >= 0.3 is 6.18 Å². The summed E-state index contributed by atoms with van der Waals surface area (Å²) >= 11 is 0. The van der Waals surface area contributed by atoms with Crippen LogP contribution < -0.4 is 10.9 Å². The Hall–Kier alpha value is -0.370. The van der Waals surface area contributed by atoms with Crippen LogP contribution in [0.3, 0.4) is 0 Å². The number of nitrogens with one attached hydrogen (secondary N) is 2. The van der Waals surface area contributed by atoms with E-state index < -0.39 is 18.2 Å². The van der Waals surface area contributed by atoms with Crippen LogP contribution in [0.2, 0.25) is 0 Å². The second-order valence-electron chi connectivity index (χ2n) is 19.0. The molecule has 278 valence electrons. The number of rotatable bonds is 11. The summed E-state index contributed by atoms with van der Waals surface area (Å²) < 4.78 is 49.3. The van der Waals surface area contributed by atoms with Gasteiger partial charge in [-0.2, -0.15) is 13.2 Å². The molecule has 1 saturated heterocycles. The second-order valence-corrected chi connectivity index (χ2v) is 19.0. The van der Waals surface area contributed by atoms with Crippen molar-refractivity contribution in [3.8, 4) is 0 Å². The molecule has 5 aliphatic carbocycles. The summed E-state index contributed by atoms with van der Waals surface area (Å²) in [6.45, 7) is 9.99. The largest absolute Gasteiger partial charge is 0.393 e. The van der Waals surface area contributed by atoms with Crippen molar-refractivity contribution in [3.05, 3.63) is 0 Å². The summed E-state index contributed by atoms with van der Waals surface area (Å²) in [5, 5.41) is 11.6. The molecule has 0 aromatic carbocycles. The van der Waals surface area contributed by atoms with Crippen molar-refractivity contribution in [1.29, 1.82) is 0 Å². The number of aliphatic hydroxyl groups is 1. The monoisotopic (exact) mass is 681 g/mol. The zero-order chi connectivity index (χ0) is 34.1. The first-order chi connectivity index (χ1) is 22.9. The van der Waals surface area contributed by atoms with Crippen molar-refractivity contribution in [1.82, 2.24) is 10.9 Å². The van der Waals surface area contributed by atoms with Gasteiger partial charge in [-0.25, -0.2) is 0 Å². The Morgan fingerprint density at radius 2 is 1.50 bits per heavy atom. The average Bonchev–Trinajstić information content (AvgIpc) is 3.67. The molecule has 1 aliphatic heterocycles. The maximum Gasteiger partial charge on any atom is 0.392 e. The molecule has 0 aromatic rings. The fraction of sp³-hybridized carbons (Fsp3) is 1.00. The number of aliphatic hydroxyl groups excluding tert-OH is 1. The lowest BCUT2D eigenvalue weighted by atomic mass is 9.63. The van der Waals surface area contributed by atoms with Crippen LogP contribution in [0, 0.1) is 64.6 Å². The molecule has 0 aromatic heterocycles. The highest BCUT2D eigenvalue weighted by Crippen LogP contribution is 2.50. The second kappa shape index (κ2) is 16.1. The van der Waals surface area contributed by atoms with Crippen LogP contribution in [-0.2, 0) is 4.74 Å². The summed E-state index contributed by atoms with van der Waals surface area (Å²) in [5.74, 6) is 2.74. The van der Waals surface area contributed by atoms with E-state index >= 15 is 0 Å². The number of hydrogen-bond acceptors (Lipinski definition) is 4. The smallest absolute Gasteiger partial charge is 0.392 e. The van der Waals surface area contributed by atoms with Crippen LogP contribution in [0.4, 0.5) is 13.2 Å². The minimum absolute atomic E-state index is 0.0104. The van der Waals surface area contributed by atoms with Crippen LogP contribution in [0.1, 0.15) is 156 Å². The predicted octanol–water partition coefficient (Wildman–Crippen LogP) is 10.2. The molecule has 6 aliphatic rings. The number of alkyl halides is 3. The quantitative estimate of drug-likeness (QED) is 0.203. The molecule has 3 N–H and O–H groups in total. The fourth-order valence-corrected chi connectivity index (χ4v) is 12.2. The zero-order valence-corrected chi connectivity index (χ0v) is 30.9. The summed E-state index contributed by atoms with van der Waals surface area (Å²) in [7, 11) is 0. The van der Waals surface area contributed by atoms with Crippen molar-refractivity contribution in [2.24, 2.45) is 64.6 Å². The van der Waals surface area contributed by atoms with Gasteiger partial charge in [-0.1, -0.05) is 40.0 Å². The van der Waals surface area contributed by atoms with Crippen molar-refractivity contribution < 1.29 is 23.0 Å². The van der Waals surface area contributed by atoms with E-state index in [4.69, 9.17) is 4.74 Å². The van der Waals surface area contributed by atoms with Gasteiger partial charge in [0.2, 0.25) is 0 Å². The van der Waals surface area contributed by atoms with Gasteiger partial charge in [0.15, 0.2) is 0 Å². The SMILES string of the molecule is CCOC1CCC(CC2CCC3NNC(C4CC(C(O)CC5CCC(CCC6CCC(C)(C)CC6)C(C(F)(F)F)C5)CCC4C)C3C2)C1. The van der Waals surface area contributed by atoms with Gasteiger partial charge in [0.1, 0.15) is 0 Å². The van der Waals surface area contributed by atoms with E-state index in [9.17, 15) is 18.3 Å². The van der Waals surface area contributed by atoms with E-state index in [2.05, 4.69) is 38.5 Å². The van der Waals surface area contributed by atoms with Crippen LogP contribution in [0.25, 0.3) is 0 Å². The predicted molar refractivity (Wildman–Crippen MR) is 188 cm³/mol. The molecular formula is C41H71F3N2O2. The molecule has 0 amide bonds. The molecular weight excluding hydrogens is 609 g/mol. The Balaban J connectivity index is 0.995. The first-order valence-electron chi connectivity index (χ1n) is 20.8. The average molecular weight is 681 g/mol. The van der Waals surface area contributed by atoms with E-state index in [1.165, 1.54) is 70.6 Å². The van der Waals surface area contributed by atoms with Crippen LogP contribution >= 0.6 is 0 Å². The molecule has 0 radical (unpaired) electrons. The third-order valence-corrected chi connectivity index (χ3v) is 15.3. The molecule has 6 fully saturated rings. The van der Waals surface area contributed by atoms with Gasteiger partial charge in [0.05, 0.1) is 18.1 Å². The first-order valence-corrected chi connectivity index (χ1v) is 20.8. The molecule has 13 unspecified atom stereocenters. The van der Waals surface area contributed by atoms with E-state index in [-0.39, 0.29) is 24.2 Å². The van der Waals surface area contributed by atoms with Crippen LogP contribution in [-0.4, -0.2) is 42.2 Å². The van der Waals surface area contributed by atoms with Gasteiger partial charge < -0.3 is 9.84 Å². The standard InChI is InChI=1S/C41H71F3N2O2/c1-5-48-33-14-9-28(21-33)20-29-10-15-37-35(22-29)39(46-45-37)34-25-32(11-6-26(34)2)38(47)24-30-8-13-31(36(23-30)41(42,43)44)12-7-27-16-18-40(3,4)19-17-27/h26-39,45-47H,5-25H2,1-4H3. The third-order valence-electron chi connectivity index (χ3n) is 15.3. The van der Waals surface area contributed by atoms with Gasteiger partial charge in [-0.3, -0.25) is 10.9 Å². The maximum absolute atomic E-state index is 14.4. The highest BCUT2D eigenvalue weighted by Gasteiger charge is 2.50. The fourth-order valence-electron chi connectivity index (χ4n) is 12.2. The van der Waals surface area contributed by atoms with Gasteiger partial charge in [-0.15, -0.1) is 0 Å². The zero-order valence-electron chi connectivity index (χ0n) is 30.9. The molecule has 4 nitrogen and oxygen atoms in total. The van der Waals surface area contributed by atoms with E-state index in [0.29, 0.717) is 60.1 Å². The molecule has 0 spiro atoms. The Morgan fingerprint density at radius 1 is 0.771 bits per heavy atom. The highest BCUT2D eigenvalue weighted by atomic mass is 19.4. The Bertz CT molecular complexity index is 997. The molecule has 1 heterocycles. The molecule has 6 rings (SSSR count). The topological polar surface area (TPSA) is 53.5 Å². The summed E-state index contributed by atoms with van der Waals surface area (Å²) in [4.78, 5) is 0. The van der Waals surface area contributed by atoms with Crippen molar-refractivity contribution >= 4 is 0 Å². The first kappa shape index (κ1) is 37.4. The van der Waals surface area contributed by atoms with Gasteiger partial charge in [0, 0.05) is 18.7 Å². The summed E-state index contributed by atoms with van der Waals surface area (Å²) in [6, 6.07) is 0.978. The maximum atomic E-state index is 14.4. The molecule has 48 heavy (non-hydrogen) atoms. The van der Waals surface area contributed by atoms with Crippen LogP contribution in [0.15, 0.2) is 0 Å². The van der Waals surface area contributed by atoms with E-state index in [1.54, 1.807) is 0 Å². The number of halogens is 3. The van der Waals surface area contributed by atoms with Crippen molar-refractivity contribution in [2.45, 2.75) is 187 Å². The van der Waals surface area contributed by atoms with Crippen molar-refractivity contribution in [2.75, 3.05) is 6.61 Å². The highest BCUT2D eigenvalue weighted by molar-refractivity contribution is 5.01. The van der Waals surface area contributed by atoms with Gasteiger partial charge in [-0.05, 0) is 175 Å². The van der Waals surface area contributed by atoms with E-state index in [1.807, 2.05) is 0 Å². The Kier molecular flexibility index (Phi) is 12.5. The number of ether oxygens (including phenoxy) is 1. The normalized spacial score (nSPS) is 43.2. The lowest BCUT2D eigenvalue weighted by molar-refractivity contribution is -0.203. The molecule has 7 heteroatoms. The molecule has 0 bridgehead atoms. The lowest BCUT2D eigenvalue weighted by Crippen LogP contribution is -2.45. The minimum Gasteiger partial charge on any atom is -0.393 e. The summed E-state index contributed by atoms with van der Waals surface area (Å²) in [6.07, 6.45) is 16.7. The summed E-state index contributed by atoms with van der Waals surface area (Å²) in [5.41, 5.74) is 7.86. The van der Waals surface area contributed by atoms with Crippen LogP contribution in [0.5, 0.6) is 0 Å². The number of hydrazine groups is 1. The third kappa shape index (κ3) is 9.34.